The molecule has 2 aromatic carbocycles. The number of nitrogens with zero attached hydrogens (tertiary/aromatic N) is 2. The van der Waals surface area contributed by atoms with Crippen LogP contribution in [0, 0.1) is 0 Å². The van der Waals surface area contributed by atoms with Crippen LogP contribution in [0.5, 0.6) is 0 Å². The molecule has 2 aliphatic heterocycles. The molecule has 2 aliphatic rings. The number of hydrogen-bond acceptors (Lipinski definition) is 5. The Bertz CT molecular complexity index is 1040. The summed E-state index contributed by atoms with van der Waals surface area (Å²) in [7, 11) is 0. The highest BCUT2D eigenvalue weighted by Crippen LogP contribution is 2.44. The summed E-state index contributed by atoms with van der Waals surface area (Å²) in [5, 5.41) is 0. The zero-order valence-electron chi connectivity index (χ0n) is 17.8. The van der Waals surface area contributed by atoms with Crippen molar-refractivity contribution >= 4 is 27.5 Å². The van der Waals surface area contributed by atoms with Crippen molar-refractivity contribution in [2.45, 2.75) is 50.4 Å². The fraction of sp³-hybridized carbons (Fsp3) is 0.440. The molecule has 2 atom stereocenters. The zero-order chi connectivity index (χ0) is 21.3. The minimum atomic E-state index is -0.225. The lowest BCUT2D eigenvalue weighted by atomic mass is 9.80. The monoisotopic (exact) mass is 436 g/mol. The van der Waals surface area contributed by atoms with Gasteiger partial charge in [0, 0.05) is 38.1 Å². The molecule has 3 heterocycles. The number of likely N-dealkylation sites (tertiary alicyclic amines) is 1. The lowest BCUT2D eigenvalue weighted by molar-refractivity contribution is -0.190. The summed E-state index contributed by atoms with van der Waals surface area (Å²) in [5.74, 6) is 0.0990. The molecule has 0 N–H and O–H groups in total. The quantitative estimate of drug-likeness (QED) is 0.562. The minimum Gasteiger partial charge on any atom is -0.378 e. The third-order valence-corrected chi connectivity index (χ3v) is 7.37. The van der Waals surface area contributed by atoms with E-state index in [1.807, 2.05) is 34.7 Å². The second kappa shape index (κ2) is 8.69. The van der Waals surface area contributed by atoms with Gasteiger partial charge in [0.2, 0.25) is 0 Å². The molecule has 162 valence electrons. The average Bonchev–Trinajstić information content (AvgIpc) is 3.28. The van der Waals surface area contributed by atoms with E-state index < -0.39 is 0 Å². The molecule has 2 fully saturated rings. The van der Waals surface area contributed by atoms with E-state index >= 15 is 0 Å². The molecule has 0 unspecified atom stereocenters. The number of hydrogen-bond donors (Lipinski definition) is 0. The van der Waals surface area contributed by atoms with Crippen molar-refractivity contribution in [1.29, 1.82) is 0 Å². The standard InChI is InChI=1S/C25H28N2O3S/c1-2-29-20-15-22(18-6-4-3-5-7-18)30-25(16-20)10-12-27(13-11-25)24(28)19-8-9-21-23(14-19)31-17-26-21/h3-9,14,17,20,22H,2,10-13,15-16H2,1H3/t20-,22-/m0/s1. The van der Waals surface area contributed by atoms with E-state index in [0.29, 0.717) is 19.7 Å². The number of carbonyl (C=O) groups is 1. The second-order valence-electron chi connectivity index (χ2n) is 8.54. The predicted molar refractivity (Wildman–Crippen MR) is 122 cm³/mol. The summed E-state index contributed by atoms with van der Waals surface area (Å²) in [6, 6.07) is 16.2. The molecule has 0 radical (unpaired) electrons. The van der Waals surface area contributed by atoms with Crippen LogP contribution < -0.4 is 0 Å². The minimum absolute atomic E-state index is 0.0440. The largest absolute Gasteiger partial charge is 0.378 e. The third kappa shape index (κ3) is 4.25. The topological polar surface area (TPSA) is 51.7 Å². The highest BCUT2D eigenvalue weighted by atomic mass is 32.1. The first-order valence-corrected chi connectivity index (χ1v) is 12.0. The molecule has 5 nitrogen and oxygen atoms in total. The Hall–Kier alpha value is -2.28. The van der Waals surface area contributed by atoms with E-state index in [4.69, 9.17) is 9.47 Å². The fourth-order valence-electron chi connectivity index (χ4n) is 4.98. The zero-order valence-corrected chi connectivity index (χ0v) is 18.6. The molecule has 0 saturated carbocycles. The van der Waals surface area contributed by atoms with E-state index in [-0.39, 0.29) is 23.7 Å². The number of thiazole rings is 1. The lowest BCUT2D eigenvalue weighted by Gasteiger charge is -2.48. The van der Waals surface area contributed by atoms with Gasteiger partial charge in [0.15, 0.2) is 0 Å². The summed E-state index contributed by atoms with van der Waals surface area (Å²) < 4.78 is 13.9. The molecule has 1 amide bonds. The van der Waals surface area contributed by atoms with Crippen LogP contribution in [0.2, 0.25) is 0 Å². The SMILES string of the molecule is CCO[C@H]1C[C@@H](c2ccccc2)OC2(CCN(C(=O)c3ccc4ncsc4c3)CC2)C1. The van der Waals surface area contributed by atoms with Gasteiger partial charge in [-0.25, -0.2) is 4.98 Å². The number of piperidine rings is 1. The smallest absolute Gasteiger partial charge is 0.253 e. The third-order valence-electron chi connectivity index (χ3n) is 6.58. The maximum Gasteiger partial charge on any atom is 0.253 e. The van der Waals surface area contributed by atoms with Gasteiger partial charge in [-0.1, -0.05) is 30.3 Å². The molecule has 1 spiro atoms. The van der Waals surface area contributed by atoms with Gasteiger partial charge in [-0.3, -0.25) is 4.79 Å². The van der Waals surface area contributed by atoms with Crippen molar-refractivity contribution in [1.82, 2.24) is 9.88 Å². The Kier molecular flexibility index (Phi) is 5.78. The van der Waals surface area contributed by atoms with Gasteiger partial charge in [-0.15, -0.1) is 11.3 Å². The fourth-order valence-corrected chi connectivity index (χ4v) is 5.70. The first-order valence-electron chi connectivity index (χ1n) is 11.1. The van der Waals surface area contributed by atoms with Crippen molar-refractivity contribution in [3.63, 3.8) is 0 Å². The van der Waals surface area contributed by atoms with E-state index in [9.17, 15) is 4.79 Å². The molecular formula is C25H28N2O3S. The van der Waals surface area contributed by atoms with Gasteiger partial charge in [0.1, 0.15) is 0 Å². The molecule has 5 rings (SSSR count). The van der Waals surface area contributed by atoms with Crippen molar-refractivity contribution in [2.75, 3.05) is 19.7 Å². The first-order chi connectivity index (χ1) is 15.2. The summed E-state index contributed by atoms with van der Waals surface area (Å²) in [6.45, 7) is 4.19. The maximum atomic E-state index is 13.1. The van der Waals surface area contributed by atoms with Crippen LogP contribution in [-0.4, -0.2) is 47.2 Å². The number of ether oxygens (including phenoxy) is 2. The van der Waals surface area contributed by atoms with Gasteiger partial charge in [0.05, 0.1) is 33.5 Å². The van der Waals surface area contributed by atoms with E-state index in [1.54, 1.807) is 11.3 Å². The molecule has 0 bridgehead atoms. The van der Waals surface area contributed by atoms with E-state index in [1.165, 1.54) is 5.56 Å². The molecule has 1 aromatic heterocycles. The van der Waals surface area contributed by atoms with Gasteiger partial charge < -0.3 is 14.4 Å². The molecule has 0 aliphatic carbocycles. The summed E-state index contributed by atoms with van der Waals surface area (Å²) in [6.07, 6.45) is 3.71. The number of aromatic nitrogens is 1. The lowest BCUT2D eigenvalue weighted by Crippen LogP contribution is -2.52. The summed E-state index contributed by atoms with van der Waals surface area (Å²) in [4.78, 5) is 19.4. The van der Waals surface area contributed by atoms with Gasteiger partial charge in [-0.05, 0) is 43.5 Å². The average molecular weight is 437 g/mol. The van der Waals surface area contributed by atoms with Crippen LogP contribution in [0.3, 0.4) is 0 Å². The molecule has 31 heavy (non-hydrogen) atoms. The van der Waals surface area contributed by atoms with Crippen molar-refractivity contribution in [3.05, 3.63) is 65.2 Å². The van der Waals surface area contributed by atoms with Crippen LogP contribution in [0.4, 0.5) is 0 Å². The Labute approximate surface area is 187 Å². The van der Waals surface area contributed by atoms with Crippen LogP contribution in [-0.2, 0) is 9.47 Å². The molecular weight excluding hydrogens is 408 g/mol. The van der Waals surface area contributed by atoms with Crippen molar-refractivity contribution < 1.29 is 14.3 Å². The highest BCUT2D eigenvalue weighted by molar-refractivity contribution is 7.16. The van der Waals surface area contributed by atoms with E-state index in [0.717, 1.165) is 41.5 Å². The second-order valence-corrected chi connectivity index (χ2v) is 9.43. The number of fused-ring (bicyclic) bond motifs is 1. The number of amides is 1. The highest BCUT2D eigenvalue weighted by Gasteiger charge is 2.45. The summed E-state index contributed by atoms with van der Waals surface area (Å²) >= 11 is 1.57. The van der Waals surface area contributed by atoms with Crippen LogP contribution in [0.25, 0.3) is 10.2 Å². The van der Waals surface area contributed by atoms with Gasteiger partial charge >= 0.3 is 0 Å². The van der Waals surface area contributed by atoms with Crippen LogP contribution in [0.15, 0.2) is 54.0 Å². The number of benzene rings is 2. The maximum absolute atomic E-state index is 13.1. The molecule has 6 heteroatoms. The van der Waals surface area contributed by atoms with Crippen LogP contribution >= 0.6 is 11.3 Å². The van der Waals surface area contributed by atoms with Gasteiger partial charge in [-0.2, -0.15) is 0 Å². The summed E-state index contributed by atoms with van der Waals surface area (Å²) in [5.41, 5.74) is 4.50. The van der Waals surface area contributed by atoms with E-state index in [2.05, 4.69) is 36.2 Å². The number of rotatable bonds is 4. The predicted octanol–water partition coefficient (Wildman–Crippen LogP) is 5.23. The Balaban J connectivity index is 1.30. The molecule has 2 saturated heterocycles. The number of carbonyl (C=O) groups excluding carboxylic acids is 1. The van der Waals surface area contributed by atoms with Crippen LogP contribution in [0.1, 0.15) is 54.6 Å². The Morgan fingerprint density at radius 3 is 2.81 bits per heavy atom. The Morgan fingerprint density at radius 2 is 2.03 bits per heavy atom. The van der Waals surface area contributed by atoms with Crippen molar-refractivity contribution in [2.24, 2.45) is 0 Å². The Morgan fingerprint density at radius 1 is 1.23 bits per heavy atom. The normalized spacial score (nSPS) is 23.3. The molecule has 3 aromatic rings. The van der Waals surface area contributed by atoms with Crippen molar-refractivity contribution in [3.8, 4) is 0 Å². The first kappa shape index (κ1) is 20.6. The van der Waals surface area contributed by atoms with Gasteiger partial charge in [0.25, 0.3) is 5.91 Å².